The number of likely N-dealkylation sites (N-methyl/N-ethyl adjacent to an activating group) is 1. The Morgan fingerprint density at radius 3 is 2.28 bits per heavy atom. The molecule has 0 aliphatic carbocycles. The van der Waals surface area contributed by atoms with Crippen molar-refractivity contribution < 1.29 is 14.3 Å². The molecule has 5 nitrogen and oxygen atoms in total. The maximum Gasteiger partial charge on any atom is 0.320 e. The second-order valence-electron chi connectivity index (χ2n) is 4.68. The molecule has 0 aromatic heterocycles. The van der Waals surface area contributed by atoms with E-state index < -0.39 is 0 Å². The third kappa shape index (κ3) is 6.59. The second kappa shape index (κ2) is 8.91. The van der Waals surface area contributed by atoms with E-state index in [1.165, 1.54) is 0 Å². The van der Waals surface area contributed by atoms with Gasteiger partial charge in [-0.3, -0.25) is 14.5 Å². The Bertz CT molecular complexity index is 267. The van der Waals surface area contributed by atoms with Crippen LogP contribution in [0.3, 0.4) is 0 Å². The highest BCUT2D eigenvalue weighted by Crippen LogP contribution is 2.00. The lowest BCUT2D eigenvalue weighted by molar-refractivity contribution is -0.145. The maximum absolute atomic E-state index is 11.9. The van der Waals surface area contributed by atoms with Crippen LogP contribution in [0.4, 0.5) is 0 Å². The lowest BCUT2D eigenvalue weighted by atomic mass is 10.2. The van der Waals surface area contributed by atoms with E-state index in [4.69, 9.17) is 4.74 Å². The smallest absolute Gasteiger partial charge is 0.320 e. The topological polar surface area (TPSA) is 58.6 Å². The van der Waals surface area contributed by atoms with Crippen LogP contribution in [0.25, 0.3) is 0 Å². The molecule has 1 N–H and O–H groups in total. The number of nitrogens with zero attached hydrogens (tertiary/aromatic N) is 1. The first-order chi connectivity index (χ1) is 8.42. The molecular weight excluding hydrogens is 232 g/mol. The monoisotopic (exact) mass is 258 g/mol. The molecule has 1 amide bonds. The van der Waals surface area contributed by atoms with Gasteiger partial charge in [0.2, 0.25) is 5.91 Å². The molecule has 18 heavy (non-hydrogen) atoms. The van der Waals surface area contributed by atoms with Crippen LogP contribution in [0, 0.1) is 5.92 Å². The molecule has 5 heteroatoms. The first-order valence-corrected chi connectivity index (χ1v) is 6.59. The average Bonchev–Trinajstić information content (AvgIpc) is 2.32. The summed E-state index contributed by atoms with van der Waals surface area (Å²) in [6.07, 6.45) is 0. The number of amides is 1. The molecule has 0 heterocycles. The third-order valence-corrected chi connectivity index (χ3v) is 2.66. The van der Waals surface area contributed by atoms with Crippen LogP contribution in [0.2, 0.25) is 0 Å². The van der Waals surface area contributed by atoms with Crippen LogP contribution >= 0.6 is 0 Å². The standard InChI is InChI=1S/C13H26N2O3/c1-6-15(9-12(16)18-7-2)11(5)13(17)14-8-10(3)4/h10-11H,6-9H2,1-5H3,(H,14,17). The van der Waals surface area contributed by atoms with Crippen molar-refractivity contribution in [3.63, 3.8) is 0 Å². The number of carbonyl (C=O) groups is 2. The molecule has 106 valence electrons. The highest BCUT2D eigenvalue weighted by atomic mass is 16.5. The summed E-state index contributed by atoms with van der Waals surface area (Å²) in [5.74, 6) is 0.0824. The minimum Gasteiger partial charge on any atom is -0.465 e. The van der Waals surface area contributed by atoms with Crippen LogP contribution < -0.4 is 5.32 Å². The number of hydrogen-bond donors (Lipinski definition) is 1. The van der Waals surface area contributed by atoms with Crippen LogP contribution in [0.1, 0.15) is 34.6 Å². The molecule has 1 unspecified atom stereocenters. The summed E-state index contributed by atoms with van der Waals surface area (Å²) in [4.78, 5) is 25.1. The van der Waals surface area contributed by atoms with Gasteiger partial charge in [0.05, 0.1) is 19.2 Å². The third-order valence-electron chi connectivity index (χ3n) is 2.66. The van der Waals surface area contributed by atoms with E-state index in [1.807, 2.05) is 20.8 Å². The summed E-state index contributed by atoms with van der Waals surface area (Å²) in [5, 5.41) is 2.87. The van der Waals surface area contributed by atoms with E-state index >= 15 is 0 Å². The number of carbonyl (C=O) groups excluding carboxylic acids is 2. The van der Waals surface area contributed by atoms with Gasteiger partial charge in [0.25, 0.3) is 0 Å². The normalized spacial score (nSPS) is 12.6. The Hall–Kier alpha value is -1.10. The predicted octanol–water partition coefficient (Wildman–Crippen LogP) is 1.03. The number of rotatable bonds is 8. The van der Waals surface area contributed by atoms with Crippen LogP contribution in [-0.2, 0) is 14.3 Å². The van der Waals surface area contributed by atoms with Crippen molar-refractivity contribution in [1.82, 2.24) is 10.2 Å². The molecule has 0 bridgehead atoms. The fourth-order valence-corrected chi connectivity index (χ4v) is 1.51. The maximum atomic E-state index is 11.9. The highest BCUT2D eigenvalue weighted by molar-refractivity contribution is 5.82. The molecule has 0 saturated heterocycles. The Kier molecular flexibility index (Phi) is 8.37. The van der Waals surface area contributed by atoms with Gasteiger partial charge in [-0.25, -0.2) is 0 Å². The van der Waals surface area contributed by atoms with Crippen molar-refractivity contribution in [2.75, 3.05) is 26.2 Å². The molecule has 1 atom stereocenters. The molecule has 0 spiro atoms. The minimum atomic E-state index is -0.321. The van der Waals surface area contributed by atoms with Gasteiger partial charge < -0.3 is 10.1 Å². The summed E-state index contributed by atoms with van der Waals surface area (Å²) in [7, 11) is 0. The van der Waals surface area contributed by atoms with Gasteiger partial charge >= 0.3 is 5.97 Å². The van der Waals surface area contributed by atoms with Crippen molar-refractivity contribution in [1.29, 1.82) is 0 Å². The quantitative estimate of drug-likeness (QED) is 0.661. The zero-order valence-electron chi connectivity index (χ0n) is 12.2. The van der Waals surface area contributed by atoms with E-state index in [9.17, 15) is 9.59 Å². The average molecular weight is 258 g/mol. The first-order valence-electron chi connectivity index (χ1n) is 6.59. The van der Waals surface area contributed by atoms with Crippen molar-refractivity contribution in [2.45, 2.75) is 40.7 Å². The van der Waals surface area contributed by atoms with Crippen molar-refractivity contribution in [2.24, 2.45) is 5.92 Å². The zero-order chi connectivity index (χ0) is 14.1. The Morgan fingerprint density at radius 1 is 1.22 bits per heavy atom. The number of nitrogens with one attached hydrogen (secondary N) is 1. The molecule has 0 rings (SSSR count). The SMILES string of the molecule is CCOC(=O)CN(CC)C(C)C(=O)NCC(C)C. The van der Waals surface area contributed by atoms with Crippen LogP contribution in [0.5, 0.6) is 0 Å². The van der Waals surface area contributed by atoms with Gasteiger partial charge in [-0.15, -0.1) is 0 Å². The summed E-state index contributed by atoms with van der Waals surface area (Å²) in [5.41, 5.74) is 0. The van der Waals surface area contributed by atoms with Gasteiger partial charge in [0, 0.05) is 6.54 Å². The Labute approximate surface area is 110 Å². The zero-order valence-corrected chi connectivity index (χ0v) is 12.2. The number of esters is 1. The van der Waals surface area contributed by atoms with Crippen molar-refractivity contribution in [3.05, 3.63) is 0 Å². The van der Waals surface area contributed by atoms with Gasteiger partial charge in [-0.1, -0.05) is 20.8 Å². The van der Waals surface area contributed by atoms with Gasteiger partial charge in [-0.05, 0) is 26.3 Å². The lowest BCUT2D eigenvalue weighted by Gasteiger charge is -2.26. The van der Waals surface area contributed by atoms with E-state index in [0.29, 0.717) is 25.6 Å². The highest BCUT2D eigenvalue weighted by Gasteiger charge is 2.22. The van der Waals surface area contributed by atoms with Crippen molar-refractivity contribution in [3.8, 4) is 0 Å². The molecule has 0 radical (unpaired) electrons. The number of ether oxygens (including phenoxy) is 1. The Morgan fingerprint density at radius 2 is 1.83 bits per heavy atom. The van der Waals surface area contributed by atoms with E-state index in [-0.39, 0.29) is 24.5 Å². The lowest BCUT2D eigenvalue weighted by Crippen LogP contribution is -2.47. The first kappa shape index (κ1) is 16.9. The van der Waals surface area contributed by atoms with Crippen LogP contribution in [0.15, 0.2) is 0 Å². The summed E-state index contributed by atoms with van der Waals surface area (Å²) >= 11 is 0. The second-order valence-corrected chi connectivity index (χ2v) is 4.68. The minimum absolute atomic E-state index is 0.0464. The molecule has 0 aromatic rings. The van der Waals surface area contributed by atoms with Crippen LogP contribution in [-0.4, -0.2) is 49.1 Å². The van der Waals surface area contributed by atoms with Crippen molar-refractivity contribution >= 4 is 11.9 Å². The Balaban J connectivity index is 4.28. The summed E-state index contributed by atoms with van der Waals surface area (Å²) in [6, 6.07) is -0.321. The predicted molar refractivity (Wildman–Crippen MR) is 71.2 cm³/mol. The number of hydrogen-bond acceptors (Lipinski definition) is 4. The fourth-order valence-electron chi connectivity index (χ4n) is 1.51. The fraction of sp³-hybridized carbons (Fsp3) is 0.846. The van der Waals surface area contributed by atoms with E-state index in [0.717, 1.165) is 0 Å². The summed E-state index contributed by atoms with van der Waals surface area (Å²) in [6.45, 7) is 11.4. The van der Waals surface area contributed by atoms with Gasteiger partial charge in [0.15, 0.2) is 0 Å². The molecule has 0 fully saturated rings. The molecule has 0 aliphatic rings. The van der Waals surface area contributed by atoms with Gasteiger partial charge in [0.1, 0.15) is 0 Å². The van der Waals surface area contributed by atoms with E-state index in [1.54, 1.807) is 18.7 Å². The van der Waals surface area contributed by atoms with E-state index in [2.05, 4.69) is 5.32 Å². The molecule has 0 aromatic carbocycles. The molecular formula is C13H26N2O3. The largest absolute Gasteiger partial charge is 0.465 e. The summed E-state index contributed by atoms with van der Waals surface area (Å²) < 4.78 is 4.89. The molecule has 0 aliphatic heterocycles. The van der Waals surface area contributed by atoms with Gasteiger partial charge in [-0.2, -0.15) is 0 Å². The molecule has 0 saturated carbocycles.